The van der Waals surface area contributed by atoms with E-state index < -0.39 is 13.4 Å². The van der Waals surface area contributed by atoms with Crippen LogP contribution in [0, 0.1) is 0 Å². The Kier molecular flexibility index (Phi) is 4.53. The third-order valence-electron chi connectivity index (χ3n) is 0.443. The Morgan fingerprint density at radius 2 is 2.20 bits per heavy atom. The van der Waals surface area contributed by atoms with Crippen molar-refractivity contribution >= 4 is 13.4 Å². The van der Waals surface area contributed by atoms with Gasteiger partial charge in [0.15, 0.2) is 0 Å². The van der Waals surface area contributed by atoms with Crippen molar-refractivity contribution in [2.45, 2.75) is 0 Å². The number of nitrogens with one attached hydrogen (secondary N) is 3. The Morgan fingerprint density at radius 3 is 2.60 bits per heavy atom. The molecule has 0 aromatic heterocycles. The van der Waals surface area contributed by atoms with Crippen LogP contribution in [-0.4, -0.2) is 23.4 Å². The van der Waals surface area contributed by atoms with Gasteiger partial charge in [-0.1, -0.05) is 0 Å². The second-order valence-corrected chi connectivity index (χ2v) is 1.14. The highest BCUT2D eigenvalue weighted by atomic mass is 16.7. The number of rotatable bonds is 3. The fourth-order valence-corrected chi connectivity index (χ4v) is 0.197. The maximum absolute atomic E-state index is 10.2. The Morgan fingerprint density at radius 1 is 1.60 bits per heavy atom. The first-order chi connectivity index (χ1) is 4.66. The average Bonchev–Trinajstić information content (AvgIpc) is 1.85. The molecule has 2 amide bonds. The molecule has 0 aliphatic carbocycles. The monoisotopic (exact) mass is 150 g/mol. The highest BCUT2D eigenvalue weighted by Crippen LogP contribution is 1.66. The van der Waals surface area contributed by atoms with Crippen LogP contribution < -0.4 is 22.3 Å². The molecule has 7 N–H and O–H groups in total. The summed E-state index contributed by atoms with van der Waals surface area (Å²) in [4.78, 5) is 10.2. The van der Waals surface area contributed by atoms with Crippen LogP contribution in [0.2, 0.25) is 0 Å². The van der Waals surface area contributed by atoms with E-state index in [9.17, 15) is 4.79 Å². The number of urea groups is 1. The normalized spacial score (nSPS) is 8.70. The number of hydroxylamine groups is 1. The number of hydrogen-bond acceptors (Lipinski definition) is 6. The van der Waals surface area contributed by atoms with Gasteiger partial charge in [0.25, 0.3) is 0 Å². The van der Waals surface area contributed by atoms with E-state index in [1.165, 1.54) is 0 Å². The Labute approximate surface area is 56.4 Å². The van der Waals surface area contributed by atoms with E-state index in [0.717, 1.165) is 0 Å². The van der Waals surface area contributed by atoms with Gasteiger partial charge in [0.05, 0.1) is 0 Å². The molecule has 0 bridgehead atoms. The van der Waals surface area contributed by atoms with Crippen molar-refractivity contribution < 1.29 is 19.6 Å². The molecule has 10 heavy (non-hydrogen) atoms. The Bertz CT molecular complexity index is 107. The molecule has 58 valence electrons. The lowest BCUT2D eigenvalue weighted by Crippen LogP contribution is -2.48. The number of carbonyl (C=O) groups is 1. The van der Waals surface area contributed by atoms with E-state index in [1.807, 2.05) is 5.43 Å². The lowest BCUT2D eigenvalue weighted by atomic mass is 10.3. The standard InChI is InChI=1S/CH7BN4O4/c3-6-4-1(7)5-10-2(8)9/h6,8-9H,3H2,(H2,4,5,7). The number of amides is 2. The molecule has 0 aromatic carbocycles. The van der Waals surface area contributed by atoms with Gasteiger partial charge < -0.3 is 10.0 Å². The van der Waals surface area contributed by atoms with E-state index in [4.69, 9.17) is 10.0 Å². The molecule has 0 unspecified atom stereocenters. The minimum absolute atomic E-state index is 0.851. The van der Waals surface area contributed by atoms with Crippen molar-refractivity contribution in [2.75, 3.05) is 0 Å². The summed E-state index contributed by atoms with van der Waals surface area (Å²) >= 11 is 0. The predicted molar refractivity (Wildman–Crippen MR) is 30.3 cm³/mol. The Hall–Kier alpha value is -0.865. The molecule has 0 saturated carbocycles. The Balaban J connectivity index is 3.22. The van der Waals surface area contributed by atoms with Gasteiger partial charge in [-0.3, -0.25) is 16.0 Å². The minimum atomic E-state index is -2.05. The fraction of sp³-hybridized carbons (Fsp3) is 0. The van der Waals surface area contributed by atoms with Crippen molar-refractivity contribution in [2.24, 2.45) is 5.84 Å². The van der Waals surface area contributed by atoms with Crippen molar-refractivity contribution in [3.05, 3.63) is 0 Å². The lowest BCUT2D eigenvalue weighted by molar-refractivity contribution is 0.117. The molecule has 0 saturated heterocycles. The molecule has 0 aliphatic rings. The lowest BCUT2D eigenvalue weighted by Gasteiger charge is -2.04. The topological polar surface area (TPSA) is 129 Å². The molecule has 8 nitrogen and oxygen atoms in total. The second-order valence-electron chi connectivity index (χ2n) is 1.14. The van der Waals surface area contributed by atoms with Crippen molar-refractivity contribution in [3.63, 3.8) is 0 Å². The van der Waals surface area contributed by atoms with Crippen LogP contribution in [0.1, 0.15) is 0 Å². The third-order valence-corrected chi connectivity index (χ3v) is 0.443. The van der Waals surface area contributed by atoms with Gasteiger partial charge in [-0.25, -0.2) is 10.3 Å². The smallest absolute Gasteiger partial charge is 0.400 e. The van der Waals surface area contributed by atoms with Gasteiger partial charge in [0.2, 0.25) is 0 Å². The fourth-order valence-electron chi connectivity index (χ4n) is 0.197. The van der Waals surface area contributed by atoms with Crippen LogP contribution in [0.25, 0.3) is 0 Å². The molecule has 0 heterocycles. The van der Waals surface area contributed by atoms with Crippen LogP contribution in [0.5, 0.6) is 0 Å². The van der Waals surface area contributed by atoms with E-state index in [1.54, 1.807) is 11.0 Å². The summed E-state index contributed by atoms with van der Waals surface area (Å²) in [6, 6.07) is -0.851. The van der Waals surface area contributed by atoms with Gasteiger partial charge in [-0.2, -0.15) is 5.53 Å². The zero-order chi connectivity index (χ0) is 7.98. The molecule has 0 spiro atoms. The molecule has 9 heteroatoms. The van der Waals surface area contributed by atoms with Crippen LogP contribution in [0.4, 0.5) is 4.79 Å². The molecule has 0 fully saturated rings. The highest BCUT2D eigenvalue weighted by Gasteiger charge is 2.10. The van der Waals surface area contributed by atoms with Gasteiger partial charge in [0.1, 0.15) is 0 Å². The largest absolute Gasteiger partial charge is 0.656 e. The first-order valence-corrected chi connectivity index (χ1v) is 2.20. The van der Waals surface area contributed by atoms with Crippen molar-refractivity contribution in [1.82, 2.24) is 16.4 Å². The molecular formula is CH7BN4O4. The van der Waals surface area contributed by atoms with E-state index in [0.29, 0.717) is 0 Å². The molecule has 0 atom stereocenters. The third kappa shape index (κ3) is 5.28. The summed E-state index contributed by atoms with van der Waals surface area (Å²) in [6.45, 7) is 0. The maximum atomic E-state index is 10.2. The minimum Gasteiger partial charge on any atom is -0.400 e. The van der Waals surface area contributed by atoms with Crippen LogP contribution >= 0.6 is 0 Å². The first kappa shape index (κ1) is 9.13. The van der Waals surface area contributed by atoms with Crippen LogP contribution in [0.3, 0.4) is 0 Å². The quantitative estimate of drug-likeness (QED) is 0.141. The summed E-state index contributed by atoms with van der Waals surface area (Å²) in [5, 5.41) is 16.0. The summed E-state index contributed by atoms with van der Waals surface area (Å²) in [5.74, 6) is 4.63. The van der Waals surface area contributed by atoms with Gasteiger partial charge in [-0.15, -0.1) is 0 Å². The molecule has 0 aromatic rings. The second kappa shape index (κ2) is 4.96. The van der Waals surface area contributed by atoms with Crippen molar-refractivity contribution in [3.8, 4) is 0 Å². The van der Waals surface area contributed by atoms with Gasteiger partial charge in [-0.05, 0) is 0 Å². The maximum Gasteiger partial charge on any atom is 0.656 e. The van der Waals surface area contributed by atoms with E-state index in [-0.39, 0.29) is 0 Å². The molecule has 0 aliphatic heterocycles. The molecule has 0 rings (SSSR count). The molecule has 0 radical (unpaired) electrons. The predicted octanol–water partition coefficient (Wildman–Crippen LogP) is -3.44. The first-order valence-electron chi connectivity index (χ1n) is 2.20. The average molecular weight is 150 g/mol. The van der Waals surface area contributed by atoms with Gasteiger partial charge in [0, 0.05) is 0 Å². The number of hydrogen-bond donors (Lipinski definition) is 6. The SMILES string of the molecule is NNNC(=O)NOB(O)O. The summed E-state index contributed by atoms with van der Waals surface area (Å²) in [5.41, 5.74) is 5.21. The summed E-state index contributed by atoms with van der Waals surface area (Å²) in [6.07, 6.45) is 0. The number of carbonyl (C=O) groups excluding carboxylic acids is 1. The summed E-state index contributed by atoms with van der Waals surface area (Å²) in [7, 11) is -2.05. The van der Waals surface area contributed by atoms with Crippen molar-refractivity contribution in [1.29, 1.82) is 0 Å². The highest BCUT2D eigenvalue weighted by molar-refractivity contribution is 6.32. The molecular weight excluding hydrogens is 143 g/mol. The van der Waals surface area contributed by atoms with Gasteiger partial charge >= 0.3 is 13.4 Å². The zero-order valence-electron chi connectivity index (χ0n) is 4.87. The van der Waals surface area contributed by atoms with E-state index >= 15 is 0 Å². The van der Waals surface area contributed by atoms with Crippen LogP contribution in [0.15, 0.2) is 0 Å². The number of nitrogens with two attached hydrogens (primary N) is 1. The van der Waals surface area contributed by atoms with E-state index in [2.05, 4.69) is 10.6 Å². The number of hydrazine groups is 2. The summed E-state index contributed by atoms with van der Waals surface area (Å²) < 4.78 is 3.81. The zero-order valence-corrected chi connectivity index (χ0v) is 4.87. The van der Waals surface area contributed by atoms with Crippen LogP contribution in [-0.2, 0) is 4.76 Å².